The van der Waals surface area contributed by atoms with Crippen LogP contribution in [0.15, 0.2) is 12.3 Å². The Bertz CT molecular complexity index is 437. The number of aliphatic carboxylic acids is 1. The Morgan fingerprint density at radius 1 is 1.04 bits per heavy atom. The van der Waals surface area contributed by atoms with Gasteiger partial charge in [-0.1, -0.05) is 6.08 Å². The van der Waals surface area contributed by atoms with Crippen LogP contribution in [0.5, 0.6) is 0 Å². The predicted molar refractivity (Wildman–Crippen MR) is 98.1 cm³/mol. The zero-order valence-corrected chi connectivity index (χ0v) is 15.8. The van der Waals surface area contributed by atoms with Gasteiger partial charge in [-0.3, -0.25) is 19.5 Å². The number of fused-ring (bicyclic) bond motifs is 3. The van der Waals surface area contributed by atoms with Crippen LogP contribution in [-0.2, 0) is 14.7 Å². The summed E-state index contributed by atoms with van der Waals surface area (Å²) in [6.07, 6.45) is 6.43. The average Bonchev–Trinajstić information content (AvgIpc) is 2.67. The molecule has 150 valence electrons. The molecular weight excluding hydrogens is 338 g/mol. The van der Waals surface area contributed by atoms with E-state index < -0.39 is 5.97 Å². The molecule has 0 aromatic carbocycles. The Labute approximate surface area is 156 Å². The number of rotatable bonds is 6. The predicted octanol–water partition coefficient (Wildman–Crippen LogP) is -0.360. The molecule has 2 aliphatic heterocycles. The summed E-state index contributed by atoms with van der Waals surface area (Å²) in [6.45, 7) is 8.95. The highest BCUT2D eigenvalue weighted by molar-refractivity contribution is 5.69. The zero-order chi connectivity index (χ0) is 18.6. The van der Waals surface area contributed by atoms with Crippen molar-refractivity contribution in [2.75, 3.05) is 79.2 Å². The van der Waals surface area contributed by atoms with Crippen LogP contribution in [0.25, 0.3) is 0 Å². The molecule has 2 rings (SSSR count). The number of hydrogen-bond acceptors (Lipinski definition) is 8. The number of carbonyl (C=O) groups is 1. The summed E-state index contributed by atoms with van der Waals surface area (Å²) in [5.74, 6) is -0.749. The number of nitrogens with zero attached hydrogens (tertiary/aromatic N) is 4. The fourth-order valence-corrected chi connectivity index (χ4v) is 3.38. The van der Waals surface area contributed by atoms with Gasteiger partial charge in [0.15, 0.2) is 0 Å². The van der Waals surface area contributed by atoms with E-state index in [2.05, 4.69) is 42.2 Å². The van der Waals surface area contributed by atoms with E-state index in [1.807, 2.05) is 0 Å². The molecule has 0 spiro atoms. The lowest BCUT2D eigenvalue weighted by Crippen LogP contribution is -2.42. The van der Waals surface area contributed by atoms with E-state index in [1.165, 1.54) is 7.11 Å². The second-order valence-electron chi connectivity index (χ2n) is 6.77. The third-order valence-electron chi connectivity index (χ3n) is 4.77. The number of hydroxylamine groups is 1. The number of nitrogens with one attached hydrogen (secondary N) is 1. The Balaban J connectivity index is 1.97. The van der Waals surface area contributed by atoms with Gasteiger partial charge in [-0.15, -0.1) is 4.99 Å². The van der Waals surface area contributed by atoms with Crippen LogP contribution in [0.4, 0.5) is 0 Å². The Hall–Kier alpha value is -1.23. The van der Waals surface area contributed by atoms with Crippen LogP contribution in [0, 0.1) is 0 Å². The largest absolute Gasteiger partial charge is 0.480 e. The molecule has 9 heteroatoms. The van der Waals surface area contributed by atoms with E-state index in [1.54, 1.807) is 0 Å². The summed E-state index contributed by atoms with van der Waals surface area (Å²) < 4.78 is 0. The van der Waals surface area contributed by atoms with Crippen LogP contribution in [0.2, 0.25) is 0 Å². The molecule has 0 amide bonds. The first-order chi connectivity index (χ1) is 12.7. The maximum Gasteiger partial charge on any atom is 0.317 e. The van der Waals surface area contributed by atoms with Gasteiger partial charge in [-0.05, 0) is 25.6 Å². The van der Waals surface area contributed by atoms with Gasteiger partial charge in [-0.2, -0.15) is 5.48 Å². The minimum absolute atomic E-state index is 0.122. The summed E-state index contributed by atoms with van der Waals surface area (Å²) in [4.78, 5) is 29.6. The van der Waals surface area contributed by atoms with Crippen molar-refractivity contribution in [2.24, 2.45) is 0 Å². The van der Waals surface area contributed by atoms with E-state index in [0.29, 0.717) is 6.67 Å². The fraction of sp³-hybridized carbons (Fsp3) is 0.824. The Morgan fingerprint density at radius 3 is 2.62 bits per heavy atom. The van der Waals surface area contributed by atoms with Gasteiger partial charge >= 0.3 is 5.97 Å². The van der Waals surface area contributed by atoms with Gasteiger partial charge < -0.3 is 10.0 Å². The second-order valence-corrected chi connectivity index (χ2v) is 6.77. The summed E-state index contributed by atoms with van der Waals surface area (Å²) in [6, 6.07) is 0. The van der Waals surface area contributed by atoms with Crippen molar-refractivity contribution >= 4 is 5.97 Å². The van der Waals surface area contributed by atoms with Crippen molar-refractivity contribution in [3.8, 4) is 0 Å². The quantitative estimate of drug-likeness (QED) is 0.370. The van der Waals surface area contributed by atoms with E-state index in [0.717, 1.165) is 71.7 Å². The van der Waals surface area contributed by atoms with E-state index in [-0.39, 0.29) is 6.54 Å². The zero-order valence-electron chi connectivity index (χ0n) is 15.8. The van der Waals surface area contributed by atoms with Gasteiger partial charge in [-0.25, -0.2) is 4.89 Å². The van der Waals surface area contributed by atoms with Gasteiger partial charge in [0.2, 0.25) is 0 Å². The van der Waals surface area contributed by atoms with Gasteiger partial charge in [0.1, 0.15) is 0 Å². The molecule has 0 fully saturated rings. The molecule has 2 bridgehead atoms. The lowest BCUT2D eigenvalue weighted by Gasteiger charge is -2.29. The van der Waals surface area contributed by atoms with Crippen LogP contribution in [0.3, 0.4) is 0 Å². The summed E-state index contributed by atoms with van der Waals surface area (Å²) in [5.41, 5.74) is 2.82. The minimum Gasteiger partial charge on any atom is -0.480 e. The lowest BCUT2D eigenvalue weighted by atomic mass is 10.3. The van der Waals surface area contributed by atoms with Crippen LogP contribution >= 0.6 is 0 Å². The highest BCUT2D eigenvalue weighted by Gasteiger charge is 2.16. The van der Waals surface area contributed by atoms with Gasteiger partial charge in [0.25, 0.3) is 0 Å². The number of carboxylic acid groups (broad SMARTS) is 1. The molecule has 9 nitrogen and oxygen atoms in total. The molecule has 26 heavy (non-hydrogen) atoms. The molecule has 2 aliphatic rings. The van der Waals surface area contributed by atoms with Crippen LogP contribution in [0.1, 0.15) is 12.8 Å². The third kappa shape index (κ3) is 8.43. The molecule has 2 N–H and O–H groups in total. The highest BCUT2D eigenvalue weighted by Crippen LogP contribution is 2.05. The molecule has 0 radical (unpaired) electrons. The molecule has 0 aromatic heterocycles. The molecule has 2 heterocycles. The van der Waals surface area contributed by atoms with Crippen LogP contribution in [-0.4, -0.2) is 110 Å². The molecule has 1 atom stereocenters. The second kappa shape index (κ2) is 12.2. The first kappa shape index (κ1) is 21.1. The van der Waals surface area contributed by atoms with Crippen molar-refractivity contribution in [1.82, 2.24) is 25.1 Å². The summed E-state index contributed by atoms with van der Waals surface area (Å²) in [5, 5.41) is 9.13. The topological polar surface area (TPSA) is 80.8 Å². The Morgan fingerprint density at radius 2 is 1.81 bits per heavy atom. The van der Waals surface area contributed by atoms with Crippen LogP contribution < -0.4 is 5.48 Å². The first-order valence-electron chi connectivity index (χ1n) is 9.39. The van der Waals surface area contributed by atoms with Crippen molar-refractivity contribution in [2.45, 2.75) is 12.8 Å². The molecular formula is C17H33N5O4. The average molecular weight is 371 g/mol. The number of carboxylic acids is 1. The third-order valence-corrected chi connectivity index (χ3v) is 4.77. The molecule has 0 aliphatic carbocycles. The number of hydrogen-bond donors (Lipinski definition) is 2. The van der Waals surface area contributed by atoms with Crippen molar-refractivity contribution in [3.63, 3.8) is 0 Å². The Kier molecular flexibility index (Phi) is 9.90. The van der Waals surface area contributed by atoms with Gasteiger partial charge in [0.05, 0.1) is 20.3 Å². The lowest BCUT2D eigenvalue weighted by molar-refractivity contribution is -0.321. The monoisotopic (exact) mass is 371 g/mol. The first-order valence-corrected chi connectivity index (χ1v) is 9.39. The molecule has 0 saturated carbocycles. The standard InChI is InChI=1S/C17H33N5O4/c1-25-26-18-16-22-10-4-8-19-5-2-6-20(12-14-22)7-3-9-21(13-11-19)15-17(23)24/h2,5,18H,3-4,6-16H2,1H3,(H,23,24)/b5-2+. The van der Waals surface area contributed by atoms with E-state index in [4.69, 9.17) is 10.1 Å². The van der Waals surface area contributed by atoms with Gasteiger partial charge in [0, 0.05) is 52.4 Å². The van der Waals surface area contributed by atoms with E-state index >= 15 is 0 Å². The van der Waals surface area contributed by atoms with Crippen molar-refractivity contribution in [1.29, 1.82) is 0 Å². The fourth-order valence-electron chi connectivity index (χ4n) is 3.38. The SMILES string of the molecule is COONCN1CCCN2/C=C/CN(CCCN(CC(=O)O)CC2)CC1. The maximum absolute atomic E-state index is 11.1. The highest BCUT2D eigenvalue weighted by atomic mass is 17.3. The minimum atomic E-state index is -0.749. The maximum atomic E-state index is 11.1. The normalized spacial score (nSPS) is 25.6. The smallest absolute Gasteiger partial charge is 0.317 e. The van der Waals surface area contributed by atoms with Crippen molar-refractivity contribution in [3.05, 3.63) is 12.3 Å². The summed E-state index contributed by atoms with van der Waals surface area (Å²) in [7, 11) is 1.48. The summed E-state index contributed by atoms with van der Waals surface area (Å²) >= 11 is 0. The molecule has 0 aromatic rings. The van der Waals surface area contributed by atoms with Crippen molar-refractivity contribution < 1.29 is 19.8 Å². The molecule has 1 unspecified atom stereocenters. The molecule has 0 saturated heterocycles. The van der Waals surface area contributed by atoms with E-state index in [9.17, 15) is 4.79 Å².